The first-order valence-corrected chi connectivity index (χ1v) is 10.2. The van der Waals surface area contributed by atoms with Crippen molar-refractivity contribution in [2.24, 2.45) is 0 Å². The van der Waals surface area contributed by atoms with Gasteiger partial charge in [0, 0.05) is 18.5 Å². The Morgan fingerprint density at radius 3 is 2.19 bits per heavy atom. The van der Waals surface area contributed by atoms with E-state index in [1.807, 2.05) is 24.3 Å². The van der Waals surface area contributed by atoms with Gasteiger partial charge in [0.2, 0.25) is 0 Å². The Labute approximate surface area is 158 Å². The number of hydrogen-bond acceptors (Lipinski definition) is 4. The molecule has 0 unspecified atom stereocenters. The van der Waals surface area contributed by atoms with Gasteiger partial charge in [-0.3, -0.25) is 4.79 Å². The van der Waals surface area contributed by atoms with E-state index in [1.165, 1.54) is 29.2 Å². The van der Waals surface area contributed by atoms with Gasteiger partial charge in [0.15, 0.2) is 9.84 Å². The van der Waals surface area contributed by atoms with E-state index in [-0.39, 0.29) is 23.4 Å². The normalized spacial score (nSPS) is 16.9. The van der Waals surface area contributed by atoms with E-state index >= 15 is 0 Å². The van der Waals surface area contributed by atoms with Crippen LogP contribution in [0.25, 0.3) is 0 Å². The molecule has 3 rings (SSSR count). The fourth-order valence-corrected chi connectivity index (χ4v) is 4.24. The molecule has 2 aromatic carbocycles. The highest BCUT2D eigenvalue weighted by Gasteiger charge is 2.35. The van der Waals surface area contributed by atoms with Crippen molar-refractivity contribution in [3.63, 3.8) is 0 Å². The molecule has 1 N–H and O–H groups in total. The summed E-state index contributed by atoms with van der Waals surface area (Å²) in [5.74, 6) is -1.48. The number of amides is 1. The van der Waals surface area contributed by atoms with E-state index in [9.17, 15) is 23.1 Å². The molecule has 0 fully saturated rings. The van der Waals surface area contributed by atoms with Gasteiger partial charge in [-0.25, -0.2) is 13.2 Å². The van der Waals surface area contributed by atoms with Gasteiger partial charge in [0.05, 0.1) is 10.1 Å². The molecule has 0 aliphatic carbocycles. The second-order valence-electron chi connectivity index (χ2n) is 6.88. The third-order valence-electron chi connectivity index (χ3n) is 4.84. The zero-order valence-electron chi connectivity index (χ0n) is 15.1. The zero-order valence-corrected chi connectivity index (χ0v) is 15.9. The van der Waals surface area contributed by atoms with Crippen LogP contribution in [0.15, 0.2) is 53.4 Å². The third kappa shape index (κ3) is 3.60. The minimum Gasteiger partial charge on any atom is -0.480 e. The van der Waals surface area contributed by atoms with Crippen molar-refractivity contribution in [2.45, 2.75) is 43.0 Å². The first-order valence-electron chi connectivity index (χ1n) is 8.66. The SMILES string of the molecule is CC(C)S(=O)(=O)c1ccc(C(=O)N2Cc3ccccc3C[C@H]2C(=O)O)cc1. The number of carbonyl (C=O) groups excluding carboxylic acids is 1. The number of fused-ring (bicyclic) bond motifs is 1. The van der Waals surface area contributed by atoms with Crippen LogP contribution < -0.4 is 0 Å². The van der Waals surface area contributed by atoms with Gasteiger partial charge < -0.3 is 10.0 Å². The summed E-state index contributed by atoms with van der Waals surface area (Å²) in [6.07, 6.45) is 0.247. The van der Waals surface area contributed by atoms with Crippen LogP contribution in [0.4, 0.5) is 0 Å². The number of hydrogen-bond donors (Lipinski definition) is 1. The minimum absolute atomic E-state index is 0.146. The average molecular weight is 387 g/mol. The number of rotatable bonds is 4. The zero-order chi connectivity index (χ0) is 19.8. The lowest BCUT2D eigenvalue weighted by molar-refractivity contribution is -0.142. The summed E-state index contributed by atoms with van der Waals surface area (Å²) in [4.78, 5) is 26.1. The van der Waals surface area contributed by atoms with Crippen molar-refractivity contribution in [2.75, 3.05) is 0 Å². The molecule has 1 amide bonds. The van der Waals surface area contributed by atoms with Gasteiger partial charge in [0.25, 0.3) is 5.91 Å². The highest BCUT2D eigenvalue weighted by Crippen LogP contribution is 2.26. The van der Waals surface area contributed by atoms with Crippen LogP contribution in [0.2, 0.25) is 0 Å². The van der Waals surface area contributed by atoms with Crippen molar-refractivity contribution in [3.8, 4) is 0 Å². The van der Waals surface area contributed by atoms with Crippen molar-refractivity contribution < 1.29 is 23.1 Å². The molecule has 6 nitrogen and oxygen atoms in total. The number of carbonyl (C=O) groups is 2. The van der Waals surface area contributed by atoms with Crippen LogP contribution in [0.1, 0.15) is 35.3 Å². The summed E-state index contributed by atoms with van der Waals surface area (Å²) in [6.45, 7) is 3.39. The van der Waals surface area contributed by atoms with E-state index in [0.717, 1.165) is 11.1 Å². The smallest absolute Gasteiger partial charge is 0.326 e. The van der Waals surface area contributed by atoms with Crippen LogP contribution in [0, 0.1) is 0 Å². The Morgan fingerprint density at radius 1 is 1.04 bits per heavy atom. The highest BCUT2D eigenvalue weighted by molar-refractivity contribution is 7.92. The monoisotopic (exact) mass is 387 g/mol. The molecule has 7 heteroatoms. The molecule has 142 valence electrons. The number of carboxylic acids is 1. The number of aliphatic carboxylic acids is 1. The first-order chi connectivity index (χ1) is 12.7. The maximum absolute atomic E-state index is 12.9. The fourth-order valence-electron chi connectivity index (χ4n) is 3.18. The second-order valence-corrected chi connectivity index (χ2v) is 9.38. The van der Waals surface area contributed by atoms with E-state index in [2.05, 4.69) is 0 Å². The predicted molar refractivity (Wildman–Crippen MR) is 100 cm³/mol. The Bertz CT molecular complexity index is 980. The molecule has 27 heavy (non-hydrogen) atoms. The van der Waals surface area contributed by atoms with Crippen LogP contribution in [-0.4, -0.2) is 41.6 Å². The maximum Gasteiger partial charge on any atom is 0.326 e. The van der Waals surface area contributed by atoms with Crippen molar-refractivity contribution >= 4 is 21.7 Å². The maximum atomic E-state index is 12.9. The molecule has 0 radical (unpaired) electrons. The van der Waals surface area contributed by atoms with Gasteiger partial charge in [-0.05, 0) is 49.2 Å². The molecule has 2 aromatic rings. The summed E-state index contributed by atoms with van der Waals surface area (Å²) in [5.41, 5.74) is 2.11. The lowest BCUT2D eigenvalue weighted by Gasteiger charge is -2.34. The molecule has 0 saturated heterocycles. The van der Waals surface area contributed by atoms with Crippen LogP contribution in [-0.2, 0) is 27.6 Å². The van der Waals surface area contributed by atoms with E-state index in [1.54, 1.807) is 13.8 Å². The molecule has 1 aliphatic heterocycles. The van der Waals surface area contributed by atoms with Crippen LogP contribution >= 0.6 is 0 Å². The van der Waals surface area contributed by atoms with Gasteiger partial charge in [-0.2, -0.15) is 0 Å². The average Bonchev–Trinajstić information content (AvgIpc) is 2.66. The Hall–Kier alpha value is -2.67. The minimum atomic E-state index is -3.43. The van der Waals surface area contributed by atoms with E-state index < -0.39 is 33.0 Å². The lowest BCUT2D eigenvalue weighted by Crippen LogP contribution is -2.48. The number of carboxylic acid groups (broad SMARTS) is 1. The topological polar surface area (TPSA) is 91.8 Å². The summed E-state index contributed by atoms with van der Waals surface area (Å²) in [5, 5.41) is 9.01. The van der Waals surface area contributed by atoms with Gasteiger partial charge >= 0.3 is 5.97 Å². The van der Waals surface area contributed by atoms with E-state index in [0.29, 0.717) is 0 Å². The quantitative estimate of drug-likeness (QED) is 0.870. The summed E-state index contributed by atoms with van der Waals surface area (Å²) in [7, 11) is -3.43. The van der Waals surface area contributed by atoms with Gasteiger partial charge in [-0.1, -0.05) is 24.3 Å². The molecule has 1 atom stereocenters. The summed E-state index contributed by atoms with van der Waals surface area (Å²) >= 11 is 0. The van der Waals surface area contributed by atoms with E-state index in [4.69, 9.17) is 0 Å². The molecule has 0 saturated carbocycles. The van der Waals surface area contributed by atoms with Gasteiger partial charge in [-0.15, -0.1) is 0 Å². The highest BCUT2D eigenvalue weighted by atomic mass is 32.2. The molecular weight excluding hydrogens is 366 g/mol. The molecule has 1 aliphatic rings. The van der Waals surface area contributed by atoms with Crippen molar-refractivity contribution in [1.82, 2.24) is 4.90 Å². The third-order valence-corrected chi connectivity index (χ3v) is 7.02. The lowest BCUT2D eigenvalue weighted by atomic mass is 9.93. The predicted octanol–water partition coefficient (Wildman–Crippen LogP) is 2.52. The summed E-state index contributed by atoms with van der Waals surface area (Å²) < 4.78 is 24.4. The Kier molecular flexibility index (Phi) is 5.06. The molecule has 0 spiro atoms. The number of sulfone groups is 1. The van der Waals surface area contributed by atoms with Crippen molar-refractivity contribution in [3.05, 3.63) is 65.2 Å². The van der Waals surface area contributed by atoms with Crippen molar-refractivity contribution in [1.29, 1.82) is 0 Å². The molecule has 0 aromatic heterocycles. The number of nitrogens with zero attached hydrogens (tertiary/aromatic N) is 1. The summed E-state index contributed by atoms with van der Waals surface area (Å²) in [6, 6.07) is 12.2. The molecule has 1 heterocycles. The molecular formula is C20H21NO5S. The Morgan fingerprint density at radius 2 is 1.63 bits per heavy atom. The standard InChI is InChI=1S/C20H21NO5S/c1-13(2)27(25,26)17-9-7-14(8-10-17)19(22)21-12-16-6-4-3-5-15(16)11-18(21)20(23)24/h3-10,13,18H,11-12H2,1-2H3,(H,23,24)/t18-/m0/s1. The second kappa shape index (κ2) is 7.15. The van der Waals surface area contributed by atoms with Crippen LogP contribution in [0.5, 0.6) is 0 Å². The largest absolute Gasteiger partial charge is 0.480 e. The first kappa shape index (κ1) is 19.1. The van der Waals surface area contributed by atoms with Gasteiger partial charge in [0.1, 0.15) is 6.04 Å². The Balaban J connectivity index is 1.91. The van der Waals surface area contributed by atoms with Crippen LogP contribution in [0.3, 0.4) is 0 Å². The molecule has 0 bridgehead atoms. The number of benzene rings is 2. The fraction of sp³-hybridized carbons (Fsp3) is 0.300.